The van der Waals surface area contributed by atoms with Crippen LogP contribution in [0.2, 0.25) is 0 Å². The minimum atomic E-state index is -0.924. The molecule has 0 aromatic heterocycles. The van der Waals surface area contributed by atoms with Crippen LogP contribution in [0.25, 0.3) is 0 Å². The Labute approximate surface area is 110 Å². The molecule has 2 aliphatic rings. The van der Waals surface area contributed by atoms with Crippen molar-refractivity contribution in [2.45, 2.75) is 24.7 Å². The highest BCUT2D eigenvalue weighted by molar-refractivity contribution is 5.68. The lowest BCUT2D eigenvalue weighted by atomic mass is 10.2. The predicted octanol–water partition coefficient (Wildman–Crippen LogP) is 0.252. The summed E-state index contributed by atoms with van der Waals surface area (Å²) in [6.45, 7) is 4.63. The standard InChI is InChI=1S/C12H17NO6/c1-2-3-17-12(16)13-5-9-10(6-13)19-8(7-18-9)4-11(14)15/h2,8-10H,1,3-7H2,(H,14,15). The number of nitrogens with zero attached hydrogens (tertiary/aromatic N) is 1. The first-order valence-electron chi connectivity index (χ1n) is 6.11. The Morgan fingerprint density at radius 2 is 2.16 bits per heavy atom. The van der Waals surface area contributed by atoms with Gasteiger partial charge in [0.25, 0.3) is 0 Å². The molecule has 2 saturated heterocycles. The van der Waals surface area contributed by atoms with Crippen LogP contribution in [0, 0.1) is 0 Å². The van der Waals surface area contributed by atoms with Gasteiger partial charge < -0.3 is 24.2 Å². The Kier molecular flexibility index (Phi) is 4.39. The summed E-state index contributed by atoms with van der Waals surface area (Å²) < 4.78 is 16.1. The number of aliphatic carboxylic acids is 1. The van der Waals surface area contributed by atoms with E-state index in [2.05, 4.69) is 6.58 Å². The summed E-state index contributed by atoms with van der Waals surface area (Å²) in [5.74, 6) is -0.924. The number of carboxylic acid groups (broad SMARTS) is 1. The van der Waals surface area contributed by atoms with Gasteiger partial charge in [-0.25, -0.2) is 4.79 Å². The van der Waals surface area contributed by atoms with Gasteiger partial charge in [-0.1, -0.05) is 12.7 Å². The Balaban J connectivity index is 1.85. The monoisotopic (exact) mass is 271 g/mol. The van der Waals surface area contributed by atoms with Gasteiger partial charge >= 0.3 is 12.1 Å². The third-order valence-corrected chi connectivity index (χ3v) is 3.06. The molecule has 106 valence electrons. The fourth-order valence-electron chi connectivity index (χ4n) is 2.22. The summed E-state index contributed by atoms with van der Waals surface area (Å²) >= 11 is 0. The molecule has 2 heterocycles. The Morgan fingerprint density at radius 3 is 2.84 bits per heavy atom. The summed E-state index contributed by atoms with van der Waals surface area (Å²) in [6, 6.07) is 0. The first kappa shape index (κ1) is 13.8. The molecule has 0 aliphatic carbocycles. The molecule has 0 aromatic rings. The summed E-state index contributed by atoms with van der Waals surface area (Å²) in [5.41, 5.74) is 0. The molecular formula is C12H17NO6. The van der Waals surface area contributed by atoms with Crippen LogP contribution in [0.5, 0.6) is 0 Å². The van der Waals surface area contributed by atoms with Gasteiger partial charge in [-0.15, -0.1) is 0 Å². The molecule has 2 fully saturated rings. The van der Waals surface area contributed by atoms with Crippen molar-refractivity contribution < 1.29 is 28.9 Å². The largest absolute Gasteiger partial charge is 0.481 e. The zero-order valence-corrected chi connectivity index (χ0v) is 10.5. The second-order valence-electron chi connectivity index (χ2n) is 4.54. The Bertz CT molecular complexity index is 371. The van der Waals surface area contributed by atoms with Crippen molar-refractivity contribution in [2.24, 2.45) is 0 Å². The third kappa shape index (κ3) is 3.45. The molecule has 7 nitrogen and oxygen atoms in total. The maximum absolute atomic E-state index is 11.7. The molecule has 0 radical (unpaired) electrons. The SMILES string of the molecule is C=CCOC(=O)N1CC2OCC(CC(=O)O)OC2C1. The summed E-state index contributed by atoms with van der Waals surface area (Å²) in [5, 5.41) is 8.71. The van der Waals surface area contributed by atoms with Crippen LogP contribution in [0.4, 0.5) is 4.79 Å². The summed E-state index contributed by atoms with van der Waals surface area (Å²) in [6.07, 6.45) is 0.0241. The number of hydrogen-bond donors (Lipinski definition) is 1. The van der Waals surface area contributed by atoms with Crippen LogP contribution < -0.4 is 0 Å². The van der Waals surface area contributed by atoms with Crippen molar-refractivity contribution in [2.75, 3.05) is 26.3 Å². The van der Waals surface area contributed by atoms with E-state index in [1.54, 1.807) is 0 Å². The molecular weight excluding hydrogens is 254 g/mol. The van der Waals surface area contributed by atoms with Gasteiger partial charge in [0.2, 0.25) is 0 Å². The number of rotatable bonds is 4. The second kappa shape index (κ2) is 6.03. The maximum atomic E-state index is 11.7. The highest BCUT2D eigenvalue weighted by Gasteiger charge is 2.42. The van der Waals surface area contributed by atoms with E-state index in [9.17, 15) is 9.59 Å². The molecule has 0 saturated carbocycles. The molecule has 0 spiro atoms. The van der Waals surface area contributed by atoms with Crippen LogP contribution in [-0.2, 0) is 19.0 Å². The highest BCUT2D eigenvalue weighted by atomic mass is 16.6. The predicted molar refractivity (Wildman–Crippen MR) is 63.8 cm³/mol. The molecule has 1 amide bonds. The molecule has 2 aliphatic heterocycles. The normalized spacial score (nSPS) is 29.7. The van der Waals surface area contributed by atoms with E-state index in [0.717, 1.165) is 0 Å². The molecule has 3 unspecified atom stereocenters. The minimum absolute atomic E-state index is 0.0931. The van der Waals surface area contributed by atoms with Crippen molar-refractivity contribution in [3.8, 4) is 0 Å². The van der Waals surface area contributed by atoms with E-state index in [1.165, 1.54) is 11.0 Å². The maximum Gasteiger partial charge on any atom is 0.410 e. The second-order valence-corrected chi connectivity index (χ2v) is 4.54. The number of carbonyl (C=O) groups is 2. The molecule has 7 heteroatoms. The lowest BCUT2D eigenvalue weighted by Gasteiger charge is -2.30. The average molecular weight is 271 g/mol. The van der Waals surface area contributed by atoms with Gasteiger partial charge in [0.15, 0.2) is 0 Å². The van der Waals surface area contributed by atoms with Crippen LogP contribution >= 0.6 is 0 Å². The van der Waals surface area contributed by atoms with E-state index in [1.807, 2.05) is 0 Å². The first-order valence-corrected chi connectivity index (χ1v) is 6.11. The van der Waals surface area contributed by atoms with Crippen molar-refractivity contribution >= 4 is 12.1 Å². The Morgan fingerprint density at radius 1 is 1.42 bits per heavy atom. The van der Waals surface area contributed by atoms with Crippen molar-refractivity contribution in [3.05, 3.63) is 12.7 Å². The lowest BCUT2D eigenvalue weighted by Crippen LogP contribution is -2.43. The van der Waals surface area contributed by atoms with Gasteiger partial charge in [-0.3, -0.25) is 4.79 Å². The van der Waals surface area contributed by atoms with Gasteiger partial charge in [0.05, 0.1) is 32.2 Å². The number of likely N-dealkylation sites (tertiary alicyclic amines) is 1. The highest BCUT2D eigenvalue weighted by Crippen LogP contribution is 2.24. The van der Waals surface area contributed by atoms with Gasteiger partial charge in [0, 0.05) is 0 Å². The summed E-state index contributed by atoms with van der Waals surface area (Å²) in [4.78, 5) is 23.8. The molecule has 2 rings (SSSR count). The zero-order valence-electron chi connectivity index (χ0n) is 10.5. The number of carbonyl (C=O) groups excluding carboxylic acids is 1. The van der Waals surface area contributed by atoms with E-state index >= 15 is 0 Å². The topological polar surface area (TPSA) is 85.3 Å². The Hall–Kier alpha value is -1.60. The minimum Gasteiger partial charge on any atom is -0.481 e. The quantitative estimate of drug-likeness (QED) is 0.738. The van der Waals surface area contributed by atoms with Crippen LogP contribution in [-0.4, -0.2) is 66.7 Å². The average Bonchev–Trinajstić information content (AvgIpc) is 2.78. The number of hydrogen-bond acceptors (Lipinski definition) is 5. The van der Waals surface area contributed by atoms with Gasteiger partial charge in [-0.05, 0) is 0 Å². The fourth-order valence-corrected chi connectivity index (χ4v) is 2.22. The van der Waals surface area contributed by atoms with Crippen molar-refractivity contribution in [1.82, 2.24) is 4.90 Å². The van der Waals surface area contributed by atoms with Gasteiger partial charge in [-0.2, -0.15) is 0 Å². The smallest absolute Gasteiger partial charge is 0.410 e. The van der Waals surface area contributed by atoms with Crippen LogP contribution in [0.15, 0.2) is 12.7 Å². The molecule has 1 N–H and O–H groups in total. The number of carboxylic acids is 1. The molecule has 19 heavy (non-hydrogen) atoms. The number of ether oxygens (including phenoxy) is 3. The number of amides is 1. The van der Waals surface area contributed by atoms with E-state index in [4.69, 9.17) is 19.3 Å². The zero-order chi connectivity index (χ0) is 13.8. The molecule has 0 bridgehead atoms. The van der Waals surface area contributed by atoms with Crippen LogP contribution in [0.3, 0.4) is 0 Å². The van der Waals surface area contributed by atoms with Crippen molar-refractivity contribution in [1.29, 1.82) is 0 Å². The van der Waals surface area contributed by atoms with Crippen molar-refractivity contribution in [3.63, 3.8) is 0 Å². The fraction of sp³-hybridized carbons (Fsp3) is 0.667. The lowest BCUT2D eigenvalue weighted by molar-refractivity contribution is -0.171. The van der Waals surface area contributed by atoms with E-state index in [0.29, 0.717) is 13.1 Å². The van der Waals surface area contributed by atoms with E-state index in [-0.39, 0.29) is 31.8 Å². The number of fused-ring (bicyclic) bond motifs is 1. The van der Waals surface area contributed by atoms with E-state index < -0.39 is 18.2 Å². The molecule has 0 aromatic carbocycles. The van der Waals surface area contributed by atoms with Crippen LogP contribution in [0.1, 0.15) is 6.42 Å². The van der Waals surface area contributed by atoms with Gasteiger partial charge in [0.1, 0.15) is 18.8 Å². The third-order valence-electron chi connectivity index (χ3n) is 3.06. The summed E-state index contributed by atoms with van der Waals surface area (Å²) in [7, 11) is 0. The molecule has 3 atom stereocenters. The first-order chi connectivity index (χ1) is 9.10.